The first-order valence-electron chi connectivity index (χ1n) is 7.37. The molecule has 0 saturated heterocycles. The zero-order valence-electron chi connectivity index (χ0n) is 13.1. The molecule has 2 unspecified atom stereocenters. The van der Waals surface area contributed by atoms with E-state index in [1.54, 1.807) is 6.92 Å². The Hall–Kier alpha value is -1.63. The SMILES string of the molecule is CC[C@@H](OC(=O)c1ccco1)[C@@H](O)[C@@H]1C(C(=O)OI)=COC(O)C1O. The highest BCUT2D eigenvalue weighted by atomic mass is 127. The third-order valence-electron chi connectivity index (χ3n) is 3.79. The maximum Gasteiger partial charge on any atom is 0.374 e. The summed E-state index contributed by atoms with van der Waals surface area (Å²) in [6, 6.07) is 2.90. The Labute approximate surface area is 156 Å². The van der Waals surface area contributed by atoms with Crippen LogP contribution in [0.2, 0.25) is 0 Å². The third kappa shape index (κ3) is 4.32. The van der Waals surface area contributed by atoms with Crippen LogP contribution >= 0.6 is 23.0 Å². The number of ether oxygens (including phenoxy) is 2. The predicted octanol–water partition coefficient (Wildman–Crippen LogP) is 0.679. The third-order valence-corrected chi connectivity index (χ3v) is 4.19. The predicted molar refractivity (Wildman–Crippen MR) is 89.0 cm³/mol. The van der Waals surface area contributed by atoms with Gasteiger partial charge in [0.2, 0.25) is 12.1 Å². The molecule has 0 aromatic carbocycles. The van der Waals surface area contributed by atoms with Crippen molar-refractivity contribution in [2.24, 2.45) is 5.92 Å². The molecule has 1 aliphatic heterocycles. The van der Waals surface area contributed by atoms with Gasteiger partial charge in [-0.1, -0.05) is 6.92 Å². The maximum atomic E-state index is 12.0. The summed E-state index contributed by atoms with van der Waals surface area (Å²) in [6.07, 6.45) is -3.46. The van der Waals surface area contributed by atoms with Crippen LogP contribution in [0.1, 0.15) is 23.9 Å². The van der Waals surface area contributed by atoms with Crippen molar-refractivity contribution in [1.82, 2.24) is 0 Å². The quantitative estimate of drug-likeness (QED) is 0.407. The van der Waals surface area contributed by atoms with Crippen LogP contribution in [0.25, 0.3) is 0 Å². The minimum Gasteiger partial charge on any atom is -0.469 e. The molecule has 138 valence electrons. The molecule has 0 aliphatic carbocycles. The van der Waals surface area contributed by atoms with Crippen LogP contribution in [0.4, 0.5) is 0 Å². The van der Waals surface area contributed by atoms with Crippen LogP contribution in [0.5, 0.6) is 0 Å². The molecule has 5 atom stereocenters. The largest absolute Gasteiger partial charge is 0.469 e. The summed E-state index contributed by atoms with van der Waals surface area (Å²) in [4.78, 5) is 23.9. The summed E-state index contributed by atoms with van der Waals surface area (Å²) in [7, 11) is 0. The van der Waals surface area contributed by atoms with Gasteiger partial charge in [0.05, 0.1) is 24.0 Å². The Balaban J connectivity index is 2.22. The van der Waals surface area contributed by atoms with Gasteiger partial charge in [-0.3, -0.25) is 0 Å². The molecule has 9 nitrogen and oxygen atoms in total. The highest BCUT2D eigenvalue weighted by molar-refractivity contribution is 14.1. The zero-order valence-corrected chi connectivity index (χ0v) is 15.2. The maximum absolute atomic E-state index is 12.0. The summed E-state index contributed by atoms with van der Waals surface area (Å²) in [6.45, 7) is 1.64. The first-order valence-corrected chi connectivity index (χ1v) is 8.25. The van der Waals surface area contributed by atoms with Crippen molar-refractivity contribution in [3.05, 3.63) is 36.0 Å². The van der Waals surface area contributed by atoms with Crippen LogP contribution in [0.3, 0.4) is 0 Å². The number of furan rings is 1. The smallest absolute Gasteiger partial charge is 0.374 e. The number of esters is 1. The fourth-order valence-corrected chi connectivity index (χ4v) is 2.75. The van der Waals surface area contributed by atoms with Crippen LogP contribution in [0, 0.1) is 5.92 Å². The molecule has 2 rings (SSSR count). The fourth-order valence-electron chi connectivity index (χ4n) is 2.49. The van der Waals surface area contributed by atoms with E-state index >= 15 is 0 Å². The van der Waals surface area contributed by atoms with Crippen molar-refractivity contribution in [2.75, 3.05) is 0 Å². The molecular formula is C15H17IO9. The Morgan fingerprint density at radius 2 is 2.08 bits per heavy atom. The number of rotatable bonds is 6. The fraction of sp³-hybridized carbons (Fsp3) is 0.467. The van der Waals surface area contributed by atoms with Crippen LogP contribution in [-0.2, 0) is 17.3 Å². The Morgan fingerprint density at radius 1 is 1.36 bits per heavy atom. The number of hydrogen-bond donors (Lipinski definition) is 3. The van der Waals surface area contributed by atoms with Gasteiger partial charge in [-0.25, -0.2) is 9.59 Å². The minimum absolute atomic E-state index is 0.0550. The molecule has 0 bridgehead atoms. The second-order valence-electron chi connectivity index (χ2n) is 5.30. The second kappa shape index (κ2) is 8.65. The number of carbonyl (C=O) groups is 2. The van der Waals surface area contributed by atoms with Gasteiger partial charge in [0.25, 0.3) is 0 Å². The van der Waals surface area contributed by atoms with Gasteiger partial charge >= 0.3 is 11.9 Å². The van der Waals surface area contributed by atoms with Gasteiger partial charge < -0.3 is 32.3 Å². The molecule has 0 fully saturated rings. The van der Waals surface area contributed by atoms with E-state index in [-0.39, 0.29) is 17.8 Å². The van der Waals surface area contributed by atoms with Crippen LogP contribution < -0.4 is 0 Å². The lowest BCUT2D eigenvalue weighted by atomic mass is 9.83. The summed E-state index contributed by atoms with van der Waals surface area (Å²) >= 11 is 1.35. The average Bonchev–Trinajstić information content (AvgIpc) is 3.15. The van der Waals surface area contributed by atoms with E-state index in [1.165, 1.54) is 41.4 Å². The van der Waals surface area contributed by atoms with E-state index < -0.39 is 42.5 Å². The van der Waals surface area contributed by atoms with Crippen molar-refractivity contribution >= 4 is 34.9 Å². The van der Waals surface area contributed by atoms with Crippen LogP contribution in [0.15, 0.2) is 34.6 Å². The van der Waals surface area contributed by atoms with Crippen molar-refractivity contribution in [2.45, 2.75) is 37.9 Å². The first kappa shape index (κ1) is 19.7. The number of hydrogen-bond acceptors (Lipinski definition) is 9. The lowest BCUT2D eigenvalue weighted by Crippen LogP contribution is -2.50. The topological polar surface area (TPSA) is 136 Å². The van der Waals surface area contributed by atoms with Crippen molar-refractivity contribution in [3.8, 4) is 0 Å². The van der Waals surface area contributed by atoms with E-state index in [2.05, 4.69) is 3.07 Å². The molecule has 3 N–H and O–H groups in total. The summed E-state index contributed by atoms with van der Waals surface area (Å²) in [5, 5.41) is 30.4. The number of aliphatic hydroxyl groups is 3. The van der Waals surface area contributed by atoms with Crippen molar-refractivity contribution in [3.63, 3.8) is 0 Å². The molecule has 1 aromatic heterocycles. The zero-order chi connectivity index (χ0) is 18.6. The van der Waals surface area contributed by atoms with Crippen LogP contribution in [-0.4, -0.2) is 51.9 Å². The summed E-state index contributed by atoms with van der Waals surface area (Å²) in [5.41, 5.74) is -0.188. The second-order valence-corrected chi connectivity index (χ2v) is 5.74. The van der Waals surface area contributed by atoms with Gasteiger partial charge in [0.1, 0.15) is 18.3 Å². The van der Waals surface area contributed by atoms with E-state index in [9.17, 15) is 24.9 Å². The number of aliphatic hydroxyl groups excluding tert-OH is 3. The molecule has 0 radical (unpaired) electrons. The molecule has 2 heterocycles. The minimum atomic E-state index is -1.65. The van der Waals surface area contributed by atoms with Gasteiger partial charge in [0, 0.05) is 0 Å². The lowest BCUT2D eigenvalue weighted by molar-refractivity contribution is -0.179. The Bertz CT molecular complexity index is 627. The monoisotopic (exact) mass is 468 g/mol. The number of halogens is 1. The molecule has 10 heteroatoms. The molecule has 1 aromatic rings. The lowest BCUT2D eigenvalue weighted by Gasteiger charge is -2.36. The Kier molecular flexibility index (Phi) is 6.81. The van der Waals surface area contributed by atoms with E-state index in [4.69, 9.17) is 13.9 Å². The first-order chi connectivity index (χ1) is 11.9. The summed E-state index contributed by atoms with van der Waals surface area (Å²) in [5.74, 6) is -3.00. The van der Waals surface area contributed by atoms with E-state index in [1.807, 2.05) is 0 Å². The average molecular weight is 468 g/mol. The van der Waals surface area contributed by atoms with Crippen molar-refractivity contribution in [1.29, 1.82) is 0 Å². The summed E-state index contributed by atoms with van der Waals surface area (Å²) < 4.78 is 19.5. The molecule has 0 saturated carbocycles. The normalized spacial score (nSPS) is 25.3. The van der Waals surface area contributed by atoms with Gasteiger partial charge in [-0.05, 0) is 18.6 Å². The van der Waals surface area contributed by atoms with Crippen molar-refractivity contribution < 1.29 is 41.9 Å². The standard InChI is InChI=1S/C15H17IO9/c1-2-8(24-14(20)9-4-3-5-22-9)11(17)10-7(13(19)25-16)6-23-15(21)12(10)18/h3-6,8,10-12,15,17-18,21H,2H2,1H3/t8-,10+,11-,12?,15?/m1/s1. The van der Waals surface area contributed by atoms with Gasteiger partial charge in [0.15, 0.2) is 23.0 Å². The highest BCUT2D eigenvalue weighted by Gasteiger charge is 2.45. The van der Waals surface area contributed by atoms with Gasteiger partial charge in [-0.2, -0.15) is 0 Å². The number of carbonyl (C=O) groups excluding carboxylic acids is 2. The molecule has 0 spiro atoms. The van der Waals surface area contributed by atoms with E-state index in [0.717, 1.165) is 6.26 Å². The highest BCUT2D eigenvalue weighted by Crippen LogP contribution is 2.31. The van der Waals surface area contributed by atoms with E-state index in [0.29, 0.717) is 0 Å². The molecule has 0 amide bonds. The molecular weight excluding hydrogens is 451 g/mol. The Morgan fingerprint density at radius 3 is 2.64 bits per heavy atom. The van der Waals surface area contributed by atoms with Gasteiger partial charge in [-0.15, -0.1) is 0 Å². The molecule has 25 heavy (non-hydrogen) atoms. The molecule has 1 aliphatic rings.